The summed E-state index contributed by atoms with van der Waals surface area (Å²) in [5, 5.41) is 0. The van der Waals surface area contributed by atoms with Crippen molar-refractivity contribution in [2.45, 2.75) is 43.9 Å². The maximum atomic E-state index is 13.2. The molecule has 0 saturated carbocycles. The van der Waals surface area contributed by atoms with Gasteiger partial charge in [0, 0.05) is 26.4 Å². The van der Waals surface area contributed by atoms with Gasteiger partial charge < -0.3 is 4.74 Å². The van der Waals surface area contributed by atoms with Gasteiger partial charge in [0.15, 0.2) is 0 Å². The van der Waals surface area contributed by atoms with Crippen LogP contribution in [0.15, 0.2) is 43.6 Å². The summed E-state index contributed by atoms with van der Waals surface area (Å²) in [7, 11) is -1.15. The lowest BCUT2D eigenvalue weighted by molar-refractivity contribution is -0.124. The van der Waals surface area contributed by atoms with E-state index in [1.807, 2.05) is 12.1 Å². The predicted molar refractivity (Wildman–Crippen MR) is 102 cm³/mol. The van der Waals surface area contributed by atoms with Crippen LogP contribution in [0.3, 0.4) is 0 Å². The van der Waals surface area contributed by atoms with Crippen molar-refractivity contribution in [1.29, 1.82) is 0 Å². The molecule has 1 aliphatic rings. The molecule has 4 nitrogen and oxygen atoms in total. The molecule has 130 valence electrons. The number of hydrogen-bond acceptors (Lipinski definition) is 3. The van der Waals surface area contributed by atoms with Gasteiger partial charge in [-0.15, -0.1) is 13.2 Å². The number of nitrogens with zero attached hydrogens (tertiary/aromatic N) is 2. The minimum atomic E-state index is -1.15. The Morgan fingerprint density at radius 3 is 2.54 bits per heavy atom. The van der Waals surface area contributed by atoms with Crippen LogP contribution in [0.25, 0.3) is 0 Å². The van der Waals surface area contributed by atoms with E-state index >= 15 is 0 Å². The molecule has 0 aromatic carbocycles. The standard InChI is InChI=1S/C19H28N2O2Si/c1-6-10-19(11-7-2)16-9-8-12-20-17(16)21(18(19)22)15-23-13-14-24(3,4)5/h6-9,12H,1-2,10-11,13-15H2,3-5H3. The fourth-order valence-corrected chi connectivity index (χ4v) is 3.84. The molecule has 0 spiro atoms. The van der Waals surface area contributed by atoms with Gasteiger partial charge in [-0.2, -0.15) is 0 Å². The van der Waals surface area contributed by atoms with Crippen molar-refractivity contribution >= 4 is 19.8 Å². The number of fused-ring (bicyclic) bond motifs is 1. The number of anilines is 1. The number of carbonyl (C=O) groups is 1. The molecule has 2 rings (SSSR count). The zero-order chi connectivity index (χ0) is 17.8. The molecule has 0 aliphatic carbocycles. The van der Waals surface area contributed by atoms with Gasteiger partial charge in [-0.1, -0.05) is 37.9 Å². The molecule has 1 aliphatic heterocycles. The summed E-state index contributed by atoms with van der Waals surface area (Å²) in [5.74, 6) is 0.739. The third-order valence-corrected chi connectivity index (χ3v) is 6.12. The van der Waals surface area contributed by atoms with Gasteiger partial charge in [0.2, 0.25) is 5.91 Å². The highest BCUT2D eigenvalue weighted by molar-refractivity contribution is 6.76. The number of rotatable bonds is 9. The maximum absolute atomic E-state index is 13.2. The van der Waals surface area contributed by atoms with Gasteiger partial charge in [-0.3, -0.25) is 9.69 Å². The lowest BCUT2D eigenvalue weighted by Gasteiger charge is -2.26. The molecule has 0 unspecified atom stereocenters. The number of carbonyl (C=O) groups excluding carboxylic acids is 1. The molecule has 0 fully saturated rings. The minimum Gasteiger partial charge on any atom is -0.361 e. The number of hydrogen-bond donors (Lipinski definition) is 0. The van der Waals surface area contributed by atoms with Gasteiger partial charge in [-0.05, 0) is 25.0 Å². The second kappa shape index (κ2) is 7.45. The zero-order valence-corrected chi connectivity index (χ0v) is 16.0. The van der Waals surface area contributed by atoms with Crippen LogP contribution < -0.4 is 4.90 Å². The molecule has 0 radical (unpaired) electrons. The van der Waals surface area contributed by atoms with E-state index in [4.69, 9.17) is 4.74 Å². The van der Waals surface area contributed by atoms with Crippen molar-refractivity contribution < 1.29 is 9.53 Å². The van der Waals surface area contributed by atoms with E-state index in [0.29, 0.717) is 25.3 Å². The zero-order valence-electron chi connectivity index (χ0n) is 15.0. The van der Waals surface area contributed by atoms with Crippen LogP contribution in [0.2, 0.25) is 25.7 Å². The van der Waals surface area contributed by atoms with Crippen molar-refractivity contribution in [1.82, 2.24) is 4.98 Å². The van der Waals surface area contributed by atoms with E-state index in [2.05, 4.69) is 37.8 Å². The number of amides is 1. The highest BCUT2D eigenvalue weighted by Crippen LogP contribution is 2.45. The lowest BCUT2D eigenvalue weighted by atomic mass is 9.76. The molecule has 0 saturated heterocycles. The molecule has 1 aromatic rings. The van der Waals surface area contributed by atoms with Crippen LogP contribution in [-0.2, 0) is 14.9 Å². The first kappa shape index (κ1) is 18.6. The van der Waals surface area contributed by atoms with Crippen LogP contribution in [-0.4, -0.2) is 32.3 Å². The van der Waals surface area contributed by atoms with E-state index in [1.165, 1.54) is 0 Å². The van der Waals surface area contributed by atoms with Crippen molar-refractivity contribution in [2.75, 3.05) is 18.2 Å². The van der Waals surface area contributed by atoms with E-state index < -0.39 is 13.5 Å². The Morgan fingerprint density at radius 1 is 1.29 bits per heavy atom. The highest BCUT2D eigenvalue weighted by Gasteiger charge is 2.50. The highest BCUT2D eigenvalue weighted by atomic mass is 28.3. The lowest BCUT2D eigenvalue weighted by Crippen LogP contribution is -2.41. The van der Waals surface area contributed by atoms with Crippen molar-refractivity contribution in [2.24, 2.45) is 0 Å². The van der Waals surface area contributed by atoms with Crippen LogP contribution in [0.4, 0.5) is 5.82 Å². The Balaban J connectivity index is 2.23. The van der Waals surface area contributed by atoms with Gasteiger partial charge in [-0.25, -0.2) is 4.98 Å². The summed E-state index contributed by atoms with van der Waals surface area (Å²) >= 11 is 0. The molecular formula is C19H28N2O2Si. The second-order valence-electron chi connectivity index (χ2n) is 7.52. The average Bonchev–Trinajstić information content (AvgIpc) is 2.74. The number of aromatic nitrogens is 1. The largest absolute Gasteiger partial charge is 0.361 e. The van der Waals surface area contributed by atoms with E-state index in [0.717, 1.165) is 11.6 Å². The number of allylic oxidation sites excluding steroid dienone is 2. The Kier molecular flexibility index (Phi) is 5.77. The topological polar surface area (TPSA) is 42.4 Å². The fraction of sp³-hybridized carbons (Fsp3) is 0.474. The number of pyridine rings is 1. The molecule has 1 aromatic heterocycles. The van der Waals surface area contributed by atoms with Crippen molar-refractivity contribution in [3.8, 4) is 0 Å². The minimum absolute atomic E-state index is 0.0315. The molecule has 0 N–H and O–H groups in total. The normalized spacial score (nSPS) is 16.1. The molecule has 5 heteroatoms. The number of ether oxygens (including phenoxy) is 1. The second-order valence-corrected chi connectivity index (χ2v) is 13.1. The van der Waals surface area contributed by atoms with Gasteiger partial charge in [0.25, 0.3) is 0 Å². The molecule has 24 heavy (non-hydrogen) atoms. The van der Waals surface area contributed by atoms with Crippen molar-refractivity contribution in [3.63, 3.8) is 0 Å². The first-order valence-electron chi connectivity index (χ1n) is 8.43. The van der Waals surface area contributed by atoms with Crippen LogP contribution in [0.1, 0.15) is 18.4 Å². The first-order valence-corrected chi connectivity index (χ1v) is 12.1. The summed E-state index contributed by atoms with van der Waals surface area (Å²) in [6, 6.07) is 4.94. The van der Waals surface area contributed by atoms with E-state index in [1.54, 1.807) is 23.2 Å². The van der Waals surface area contributed by atoms with Crippen LogP contribution in [0, 0.1) is 0 Å². The third-order valence-electron chi connectivity index (χ3n) is 4.41. The molecular weight excluding hydrogens is 316 g/mol. The third kappa shape index (κ3) is 3.68. The van der Waals surface area contributed by atoms with Crippen molar-refractivity contribution in [3.05, 3.63) is 49.2 Å². The van der Waals surface area contributed by atoms with Gasteiger partial charge >= 0.3 is 0 Å². The summed E-state index contributed by atoms with van der Waals surface area (Å²) in [4.78, 5) is 19.3. The van der Waals surface area contributed by atoms with Gasteiger partial charge in [0.05, 0.1) is 5.41 Å². The van der Waals surface area contributed by atoms with E-state index in [9.17, 15) is 4.79 Å². The summed E-state index contributed by atoms with van der Waals surface area (Å²) in [5.41, 5.74) is 0.304. The monoisotopic (exact) mass is 344 g/mol. The molecule has 0 bridgehead atoms. The predicted octanol–water partition coefficient (Wildman–Crippen LogP) is 4.13. The Labute approximate surface area is 146 Å². The molecule has 2 heterocycles. The Morgan fingerprint density at radius 2 is 1.96 bits per heavy atom. The average molecular weight is 345 g/mol. The van der Waals surface area contributed by atoms with Gasteiger partial charge in [0.1, 0.15) is 12.5 Å². The summed E-state index contributed by atoms with van der Waals surface area (Å²) in [6.07, 6.45) is 6.46. The summed E-state index contributed by atoms with van der Waals surface area (Å²) in [6.45, 7) is 15.5. The Hall–Kier alpha value is -1.72. The fourth-order valence-electron chi connectivity index (χ4n) is 3.08. The Bertz CT molecular complexity index is 612. The quantitative estimate of drug-likeness (QED) is 0.384. The van der Waals surface area contributed by atoms with Crippen LogP contribution >= 0.6 is 0 Å². The molecule has 1 amide bonds. The first-order chi connectivity index (χ1) is 11.4. The summed E-state index contributed by atoms with van der Waals surface area (Å²) < 4.78 is 5.82. The maximum Gasteiger partial charge on any atom is 0.241 e. The smallest absolute Gasteiger partial charge is 0.241 e. The van der Waals surface area contributed by atoms with Crippen LogP contribution in [0.5, 0.6) is 0 Å². The molecule has 0 atom stereocenters. The SMILES string of the molecule is C=CCC1(CC=C)C(=O)N(COCC[Si](C)(C)C)c2ncccc21. The van der Waals surface area contributed by atoms with E-state index in [-0.39, 0.29) is 12.6 Å².